The van der Waals surface area contributed by atoms with Gasteiger partial charge < -0.3 is 25.0 Å². The second-order valence-electron chi connectivity index (χ2n) is 7.04. The van der Waals surface area contributed by atoms with Crippen LogP contribution in [0.25, 0.3) is 0 Å². The number of carbonyl (C=O) groups is 1. The number of nitrogens with one attached hydrogen (secondary N) is 2. The number of hydrogen-bond donors (Lipinski definition) is 2. The third-order valence-electron chi connectivity index (χ3n) is 4.51. The summed E-state index contributed by atoms with van der Waals surface area (Å²) in [5.41, 5.74) is 1.97. The zero-order chi connectivity index (χ0) is 21.1. The maximum atomic E-state index is 12.7. The van der Waals surface area contributed by atoms with Gasteiger partial charge in [-0.3, -0.25) is 4.79 Å². The van der Waals surface area contributed by atoms with Gasteiger partial charge in [0.05, 0.1) is 5.56 Å². The molecule has 0 atom stereocenters. The minimum atomic E-state index is -0.250. The van der Waals surface area contributed by atoms with E-state index in [-0.39, 0.29) is 5.91 Å². The van der Waals surface area contributed by atoms with Crippen molar-refractivity contribution in [2.45, 2.75) is 6.92 Å². The minimum Gasteiger partial charge on any atom is -0.486 e. The average molecular weight is 405 g/mol. The Labute approximate surface area is 174 Å². The van der Waals surface area contributed by atoms with E-state index >= 15 is 0 Å². The zero-order valence-corrected chi connectivity index (χ0v) is 17.1. The summed E-state index contributed by atoms with van der Waals surface area (Å²) < 4.78 is 11.2. The molecule has 1 amide bonds. The fourth-order valence-electron chi connectivity index (χ4n) is 3.08. The standard InChI is InChI=1S/C22H23N5O3/c1-14-23-19(13-20(24-14)27(2)3)25-15-7-9-16(10-8-15)26-22(28)17-5-4-6-18-21(17)30-12-11-29-18/h4-10,13H,11-12H2,1-3H3,(H,26,28)(H,23,24,25). The van der Waals surface area contributed by atoms with E-state index in [9.17, 15) is 4.79 Å². The van der Waals surface area contributed by atoms with Crippen LogP contribution in [0.2, 0.25) is 0 Å². The maximum Gasteiger partial charge on any atom is 0.259 e. The second-order valence-corrected chi connectivity index (χ2v) is 7.04. The SMILES string of the molecule is Cc1nc(Nc2ccc(NC(=O)c3cccc4c3OCCO4)cc2)cc(N(C)C)n1. The molecule has 30 heavy (non-hydrogen) atoms. The van der Waals surface area contributed by atoms with Crippen molar-refractivity contribution in [3.8, 4) is 11.5 Å². The number of aryl methyl sites for hydroxylation is 1. The third kappa shape index (κ3) is 4.27. The predicted octanol–water partition coefficient (Wildman–Crippen LogP) is 3.62. The highest BCUT2D eigenvalue weighted by Gasteiger charge is 2.20. The first-order valence-electron chi connectivity index (χ1n) is 9.59. The van der Waals surface area contributed by atoms with Gasteiger partial charge in [0.25, 0.3) is 5.91 Å². The summed E-state index contributed by atoms with van der Waals surface area (Å²) in [6, 6.07) is 14.6. The lowest BCUT2D eigenvalue weighted by Crippen LogP contribution is -2.20. The van der Waals surface area contributed by atoms with E-state index in [0.717, 1.165) is 11.5 Å². The van der Waals surface area contributed by atoms with Crippen molar-refractivity contribution in [3.05, 3.63) is 59.9 Å². The van der Waals surface area contributed by atoms with Crippen LogP contribution in [0.3, 0.4) is 0 Å². The number of nitrogens with zero attached hydrogens (tertiary/aromatic N) is 3. The van der Waals surface area contributed by atoms with Gasteiger partial charge >= 0.3 is 0 Å². The van der Waals surface area contributed by atoms with Crippen molar-refractivity contribution in [3.63, 3.8) is 0 Å². The van der Waals surface area contributed by atoms with E-state index in [4.69, 9.17) is 9.47 Å². The molecule has 4 rings (SSSR count). The van der Waals surface area contributed by atoms with Gasteiger partial charge in [-0.05, 0) is 43.3 Å². The summed E-state index contributed by atoms with van der Waals surface area (Å²) in [6.45, 7) is 2.76. The molecule has 0 spiro atoms. The first kappa shape index (κ1) is 19.5. The molecule has 0 radical (unpaired) electrons. The molecule has 0 bridgehead atoms. The fourth-order valence-corrected chi connectivity index (χ4v) is 3.08. The molecule has 0 saturated carbocycles. The smallest absolute Gasteiger partial charge is 0.259 e. The highest BCUT2D eigenvalue weighted by atomic mass is 16.6. The highest BCUT2D eigenvalue weighted by molar-refractivity contribution is 6.06. The normalized spacial score (nSPS) is 12.2. The molecule has 0 aliphatic carbocycles. The zero-order valence-electron chi connectivity index (χ0n) is 17.1. The Morgan fingerprint density at radius 1 is 1.00 bits per heavy atom. The van der Waals surface area contributed by atoms with E-state index in [0.29, 0.717) is 47.6 Å². The molecule has 2 aromatic carbocycles. The molecular weight excluding hydrogens is 382 g/mol. The molecule has 8 nitrogen and oxygen atoms in total. The lowest BCUT2D eigenvalue weighted by atomic mass is 10.1. The quantitative estimate of drug-likeness (QED) is 0.670. The van der Waals surface area contributed by atoms with Gasteiger partial charge in [-0.2, -0.15) is 0 Å². The van der Waals surface area contributed by atoms with E-state index < -0.39 is 0 Å². The lowest BCUT2D eigenvalue weighted by Gasteiger charge is -2.20. The number of ether oxygens (including phenoxy) is 2. The molecular formula is C22H23N5O3. The van der Waals surface area contributed by atoms with Crippen molar-refractivity contribution >= 4 is 28.9 Å². The fraction of sp³-hybridized carbons (Fsp3) is 0.227. The Morgan fingerprint density at radius 3 is 2.50 bits per heavy atom. The number of amides is 1. The van der Waals surface area contributed by atoms with Crippen LogP contribution in [0.15, 0.2) is 48.5 Å². The van der Waals surface area contributed by atoms with Gasteiger partial charge in [-0.1, -0.05) is 6.07 Å². The Hall–Kier alpha value is -3.81. The summed E-state index contributed by atoms with van der Waals surface area (Å²) in [6.07, 6.45) is 0. The molecule has 2 heterocycles. The number of anilines is 4. The van der Waals surface area contributed by atoms with Crippen LogP contribution in [-0.4, -0.2) is 43.2 Å². The number of rotatable bonds is 5. The van der Waals surface area contributed by atoms with E-state index in [1.54, 1.807) is 18.2 Å². The molecule has 8 heteroatoms. The molecule has 0 unspecified atom stereocenters. The van der Waals surface area contributed by atoms with E-state index in [1.807, 2.05) is 56.3 Å². The van der Waals surface area contributed by atoms with Crippen LogP contribution in [0.5, 0.6) is 11.5 Å². The minimum absolute atomic E-state index is 0.250. The molecule has 154 valence electrons. The largest absolute Gasteiger partial charge is 0.486 e. The number of fused-ring (bicyclic) bond motifs is 1. The number of aromatic nitrogens is 2. The molecule has 3 aromatic rings. The summed E-state index contributed by atoms with van der Waals surface area (Å²) in [5, 5.41) is 6.16. The van der Waals surface area contributed by atoms with Gasteiger partial charge in [0, 0.05) is 31.5 Å². The van der Waals surface area contributed by atoms with Crippen LogP contribution in [0.1, 0.15) is 16.2 Å². The van der Waals surface area contributed by atoms with Crippen LogP contribution < -0.4 is 25.0 Å². The van der Waals surface area contributed by atoms with Crippen molar-refractivity contribution in [1.29, 1.82) is 0 Å². The number of carbonyl (C=O) groups excluding carboxylic acids is 1. The number of hydrogen-bond acceptors (Lipinski definition) is 7. The molecule has 2 N–H and O–H groups in total. The third-order valence-corrected chi connectivity index (χ3v) is 4.51. The molecule has 1 aromatic heterocycles. The van der Waals surface area contributed by atoms with Gasteiger partial charge in [0.2, 0.25) is 0 Å². The van der Waals surface area contributed by atoms with Crippen molar-refractivity contribution in [2.24, 2.45) is 0 Å². The average Bonchev–Trinajstić information content (AvgIpc) is 2.74. The summed E-state index contributed by atoms with van der Waals surface area (Å²) in [7, 11) is 3.87. The Bertz CT molecular complexity index is 1070. The second kappa shape index (κ2) is 8.28. The summed E-state index contributed by atoms with van der Waals surface area (Å²) in [5.74, 6) is 3.04. The Kier molecular flexibility index (Phi) is 5.38. The van der Waals surface area contributed by atoms with E-state index in [2.05, 4.69) is 20.6 Å². The molecule has 1 aliphatic rings. The Balaban J connectivity index is 1.46. The van der Waals surface area contributed by atoms with Gasteiger partial charge in [-0.25, -0.2) is 9.97 Å². The molecule has 0 saturated heterocycles. The van der Waals surface area contributed by atoms with Crippen molar-refractivity contribution in [1.82, 2.24) is 9.97 Å². The topological polar surface area (TPSA) is 88.6 Å². The first-order chi connectivity index (χ1) is 14.5. The van der Waals surface area contributed by atoms with Crippen LogP contribution in [-0.2, 0) is 0 Å². The number of benzene rings is 2. The van der Waals surface area contributed by atoms with Crippen LogP contribution in [0.4, 0.5) is 23.0 Å². The van der Waals surface area contributed by atoms with Gasteiger partial charge in [0.15, 0.2) is 11.5 Å². The monoisotopic (exact) mass is 405 g/mol. The molecule has 0 fully saturated rings. The van der Waals surface area contributed by atoms with Gasteiger partial charge in [-0.15, -0.1) is 0 Å². The Morgan fingerprint density at radius 2 is 1.73 bits per heavy atom. The molecule has 1 aliphatic heterocycles. The van der Waals surface area contributed by atoms with Crippen LogP contribution >= 0.6 is 0 Å². The highest BCUT2D eigenvalue weighted by Crippen LogP contribution is 2.34. The van der Waals surface area contributed by atoms with Crippen molar-refractivity contribution in [2.75, 3.05) is 42.8 Å². The summed E-state index contributed by atoms with van der Waals surface area (Å²) in [4.78, 5) is 23.5. The van der Waals surface area contributed by atoms with Crippen LogP contribution in [0, 0.1) is 6.92 Å². The van der Waals surface area contributed by atoms with E-state index in [1.165, 1.54) is 0 Å². The first-order valence-corrected chi connectivity index (χ1v) is 9.59. The summed E-state index contributed by atoms with van der Waals surface area (Å²) >= 11 is 0. The lowest BCUT2D eigenvalue weighted by molar-refractivity contribution is 0.101. The maximum absolute atomic E-state index is 12.7. The van der Waals surface area contributed by atoms with Gasteiger partial charge in [0.1, 0.15) is 30.7 Å². The predicted molar refractivity (Wildman–Crippen MR) is 116 cm³/mol. The number of para-hydroxylation sites is 1. The van der Waals surface area contributed by atoms with Crippen molar-refractivity contribution < 1.29 is 14.3 Å².